The molecule has 0 saturated carbocycles. The van der Waals surface area contributed by atoms with Gasteiger partial charge in [-0.15, -0.1) is 0 Å². The van der Waals surface area contributed by atoms with Gasteiger partial charge in [0.2, 0.25) is 28.6 Å². The molecular weight excluding hydrogens is 566 g/mol. The number of hydrogen-bond acceptors (Lipinski definition) is 6. The fourth-order valence-corrected chi connectivity index (χ4v) is 5.50. The number of anilines is 1. The predicted octanol–water partition coefficient (Wildman–Crippen LogP) is 4.39. The third-order valence-electron chi connectivity index (χ3n) is 6.89. The molecule has 0 fully saturated rings. The van der Waals surface area contributed by atoms with E-state index in [9.17, 15) is 18.0 Å². The van der Waals surface area contributed by atoms with E-state index in [2.05, 4.69) is 5.32 Å². The molecule has 0 unspecified atom stereocenters. The van der Waals surface area contributed by atoms with Gasteiger partial charge in [0.15, 0.2) is 11.5 Å². The van der Waals surface area contributed by atoms with Crippen molar-refractivity contribution in [2.45, 2.75) is 45.3 Å². The van der Waals surface area contributed by atoms with Crippen LogP contribution in [0.4, 0.5) is 5.69 Å². The first-order chi connectivity index (χ1) is 19.6. The van der Waals surface area contributed by atoms with E-state index in [-0.39, 0.29) is 37.4 Å². The molecule has 3 aromatic rings. The number of halogens is 1. The number of ether oxygens (including phenoxy) is 2. The van der Waals surface area contributed by atoms with Crippen LogP contribution in [0.1, 0.15) is 31.4 Å². The summed E-state index contributed by atoms with van der Waals surface area (Å²) in [5.41, 5.74) is 1.72. The molecule has 9 nitrogen and oxygen atoms in total. The minimum absolute atomic E-state index is 0.00265. The number of nitrogens with zero attached hydrogens (tertiary/aromatic N) is 2. The normalized spacial score (nSPS) is 13.8. The summed E-state index contributed by atoms with van der Waals surface area (Å²) >= 11 is 6.48. The van der Waals surface area contributed by atoms with E-state index in [1.165, 1.54) is 11.0 Å². The Morgan fingerprint density at radius 3 is 2.37 bits per heavy atom. The molecule has 11 heteroatoms. The van der Waals surface area contributed by atoms with Crippen molar-refractivity contribution in [2.75, 3.05) is 23.9 Å². The predicted molar refractivity (Wildman–Crippen MR) is 159 cm³/mol. The Labute approximate surface area is 246 Å². The van der Waals surface area contributed by atoms with Crippen molar-refractivity contribution in [3.05, 3.63) is 88.9 Å². The molecule has 1 aliphatic heterocycles. The quantitative estimate of drug-likeness (QED) is 0.331. The zero-order valence-corrected chi connectivity index (χ0v) is 24.8. The fraction of sp³-hybridized carbons (Fsp3) is 0.333. The first-order valence-corrected chi connectivity index (χ1v) is 15.5. The van der Waals surface area contributed by atoms with Crippen LogP contribution in [0, 0.1) is 0 Å². The zero-order chi connectivity index (χ0) is 29.6. The van der Waals surface area contributed by atoms with Crippen LogP contribution >= 0.6 is 11.6 Å². The minimum Gasteiger partial charge on any atom is -0.454 e. The average Bonchev–Trinajstić information content (AvgIpc) is 3.42. The number of benzene rings is 3. The lowest BCUT2D eigenvalue weighted by Gasteiger charge is -2.34. The van der Waals surface area contributed by atoms with E-state index in [0.717, 1.165) is 16.1 Å². The third-order valence-corrected chi connectivity index (χ3v) is 8.40. The molecule has 0 radical (unpaired) electrons. The van der Waals surface area contributed by atoms with Crippen molar-refractivity contribution in [3.63, 3.8) is 0 Å². The lowest BCUT2D eigenvalue weighted by Crippen LogP contribution is -2.54. The summed E-state index contributed by atoms with van der Waals surface area (Å²) in [5.74, 6) is -0.0317. The Bertz CT molecular complexity index is 1480. The summed E-state index contributed by atoms with van der Waals surface area (Å²) in [5, 5.41) is 3.43. The number of sulfonamides is 1. The number of fused-ring (bicyclic) bond motifs is 1. The topological polar surface area (TPSA) is 105 Å². The van der Waals surface area contributed by atoms with Crippen molar-refractivity contribution in [1.29, 1.82) is 0 Å². The van der Waals surface area contributed by atoms with Gasteiger partial charge in [-0.3, -0.25) is 13.9 Å². The van der Waals surface area contributed by atoms with Crippen LogP contribution in [0.3, 0.4) is 0 Å². The van der Waals surface area contributed by atoms with Crippen LogP contribution in [0.2, 0.25) is 5.02 Å². The first kappa shape index (κ1) is 30.2. The van der Waals surface area contributed by atoms with E-state index in [4.69, 9.17) is 21.1 Å². The lowest BCUT2D eigenvalue weighted by atomic mass is 10.0. The Morgan fingerprint density at radius 1 is 1.00 bits per heavy atom. The molecule has 0 aliphatic carbocycles. The second-order valence-electron chi connectivity index (χ2n) is 9.94. The summed E-state index contributed by atoms with van der Waals surface area (Å²) in [6.07, 6.45) is 1.96. The van der Waals surface area contributed by atoms with Gasteiger partial charge in [-0.05, 0) is 42.7 Å². The summed E-state index contributed by atoms with van der Waals surface area (Å²) < 4.78 is 37.7. The molecule has 1 aliphatic rings. The maximum Gasteiger partial charge on any atom is 0.244 e. The highest BCUT2D eigenvalue weighted by Gasteiger charge is 2.34. The molecule has 2 amide bonds. The van der Waals surface area contributed by atoms with Crippen molar-refractivity contribution in [2.24, 2.45) is 0 Å². The standard InChI is InChI=1S/C30H34ClN3O6S/c1-4-21(2)32-30(36)26(16-22-10-6-5-7-11-22)33(18-23-12-8-9-13-25(23)31)29(35)19-34(41(3,37)38)24-14-15-27-28(17-24)40-20-39-27/h5-15,17,21,26H,4,16,18-20H2,1-3H3,(H,32,36)/t21-,26+/m0/s1. The van der Waals surface area contributed by atoms with Crippen LogP contribution in [0.25, 0.3) is 0 Å². The Balaban J connectivity index is 1.74. The second-order valence-corrected chi connectivity index (χ2v) is 12.3. The van der Waals surface area contributed by atoms with E-state index in [0.29, 0.717) is 28.5 Å². The molecule has 0 bridgehead atoms. The smallest absolute Gasteiger partial charge is 0.244 e. The summed E-state index contributed by atoms with van der Waals surface area (Å²) in [6.45, 7) is 3.34. The van der Waals surface area contributed by atoms with Gasteiger partial charge in [-0.25, -0.2) is 8.42 Å². The first-order valence-electron chi connectivity index (χ1n) is 13.3. The van der Waals surface area contributed by atoms with Crippen LogP contribution in [-0.4, -0.2) is 56.8 Å². The number of carbonyl (C=O) groups excluding carboxylic acids is 2. The summed E-state index contributed by atoms with van der Waals surface area (Å²) in [6, 6.07) is 20.0. The van der Waals surface area contributed by atoms with Crippen molar-refractivity contribution in [1.82, 2.24) is 10.2 Å². The monoisotopic (exact) mass is 599 g/mol. The van der Waals surface area contributed by atoms with Gasteiger partial charge in [0, 0.05) is 30.1 Å². The zero-order valence-electron chi connectivity index (χ0n) is 23.2. The molecule has 0 saturated heterocycles. The molecular formula is C30H34ClN3O6S. The van der Waals surface area contributed by atoms with E-state index < -0.39 is 28.5 Å². The van der Waals surface area contributed by atoms with Gasteiger partial charge in [-0.1, -0.05) is 67.1 Å². The number of rotatable bonds is 12. The van der Waals surface area contributed by atoms with Crippen LogP contribution in [0.5, 0.6) is 11.5 Å². The van der Waals surface area contributed by atoms with Crippen molar-refractivity contribution < 1.29 is 27.5 Å². The van der Waals surface area contributed by atoms with Gasteiger partial charge < -0.3 is 19.7 Å². The largest absolute Gasteiger partial charge is 0.454 e. The number of carbonyl (C=O) groups is 2. The highest BCUT2D eigenvalue weighted by molar-refractivity contribution is 7.92. The maximum atomic E-state index is 14.2. The van der Waals surface area contributed by atoms with Gasteiger partial charge in [0.1, 0.15) is 12.6 Å². The van der Waals surface area contributed by atoms with E-state index in [1.807, 2.05) is 44.2 Å². The molecule has 0 aromatic heterocycles. The minimum atomic E-state index is -3.91. The van der Waals surface area contributed by atoms with Crippen LogP contribution in [0.15, 0.2) is 72.8 Å². The Morgan fingerprint density at radius 2 is 1.68 bits per heavy atom. The van der Waals surface area contributed by atoms with Gasteiger partial charge in [0.25, 0.3) is 0 Å². The molecule has 3 aromatic carbocycles. The van der Waals surface area contributed by atoms with Crippen molar-refractivity contribution in [3.8, 4) is 11.5 Å². The highest BCUT2D eigenvalue weighted by atomic mass is 35.5. The SMILES string of the molecule is CC[C@H](C)NC(=O)[C@@H](Cc1ccccc1)N(Cc1ccccc1Cl)C(=O)CN(c1ccc2c(c1)OCO2)S(C)(=O)=O. The average molecular weight is 600 g/mol. The fourth-order valence-electron chi connectivity index (χ4n) is 4.46. The molecule has 2 atom stereocenters. The van der Waals surface area contributed by atoms with Crippen LogP contribution in [-0.2, 0) is 32.6 Å². The second kappa shape index (κ2) is 13.3. The number of nitrogens with one attached hydrogen (secondary N) is 1. The summed E-state index contributed by atoms with van der Waals surface area (Å²) in [7, 11) is -3.91. The van der Waals surface area contributed by atoms with Crippen LogP contribution < -0.4 is 19.1 Å². The Hall–Kier alpha value is -3.76. The third kappa shape index (κ3) is 7.71. The maximum absolute atomic E-state index is 14.2. The Kier molecular flexibility index (Phi) is 9.77. The molecule has 41 heavy (non-hydrogen) atoms. The van der Waals surface area contributed by atoms with Gasteiger partial charge in [-0.2, -0.15) is 0 Å². The number of amides is 2. The lowest BCUT2D eigenvalue weighted by molar-refractivity contribution is -0.140. The molecule has 1 heterocycles. The molecule has 218 valence electrons. The molecule has 0 spiro atoms. The molecule has 4 rings (SSSR count). The van der Waals surface area contributed by atoms with E-state index >= 15 is 0 Å². The van der Waals surface area contributed by atoms with Crippen molar-refractivity contribution >= 4 is 39.1 Å². The van der Waals surface area contributed by atoms with E-state index in [1.54, 1.807) is 36.4 Å². The summed E-state index contributed by atoms with van der Waals surface area (Å²) in [4.78, 5) is 29.3. The number of hydrogen-bond donors (Lipinski definition) is 1. The van der Waals surface area contributed by atoms with Gasteiger partial charge in [0.05, 0.1) is 11.9 Å². The highest BCUT2D eigenvalue weighted by Crippen LogP contribution is 2.36. The van der Waals surface area contributed by atoms with Gasteiger partial charge >= 0.3 is 0 Å². The molecule has 1 N–H and O–H groups in total.